The van der Waals surface area contributed by atoms with E-state index in [1.807, 2.05) is 0 Å². The number of methoxy groups -OCH3 is 1. The van der Waals surface area contributed by atoms with Crippen LogP contribution in [0.3, 0.4) is 0 Å². The largest absolute Gasteiger partial charge is 0.497 e. The van der Waals surface area contributed by atoms with Crippen molar-refractivity contribution in [2.24, 2.45) is 0 Å². The van der Waals surface area contributed by atoms with Crippen molar-refractivity contribution in [3.8, 4) is 5.75 Å². The highest BCUT2D eigenvalue weighted by Crippen LogP contribution is 2.24. The fourth-order valence-corrected chi connectivity index (χ4v) is 4.49. The molecule has 1 heterocycles. The van der Waals surface area contributed by atoms with E-state index in [1.54, 1.807) is 35.7 Å². The molecule has 2 aromatic rings. The molecule has 1 N–H and O–H groups in total. The predicted octanol–water partition coefficient (Wildman–Crippen LogP) is 3.27. The summed E-state index contributed by atoms with van der Waals surface area (Å²) in [5.74, 6) is 0.653. The van der Waals surface area contributed by atoms with Gasteiger partial charge < -0.3 is 10.1 Å². The van der Waals surface area contributed by atoms with Crippen LogP contribution in [0.2, 0.25) is 0 Å². The lowest BCUT2D eigenvalue weighted by molar-refractivity contribution is 0.329. The normalized spacial score (nSPS) is 16.6. The molecule has 0 atom stereocenters. The van der Waals surface area contributed by atoms with E-state index in [9.17, 15) is 8.42 Å². The van der Waals surface area contributed by atoms with Crippen LogP contribution in [0.25, 0.3) is 0 Å². The molecule has 0 aromatic heterocycles. The zero-order valence-electron chi connectivity index (χ0n) is 14.6. The third-order valence-corrected chi connectivity index (χ3v) is 6.49. The van der Waals surface area contributed by atoms with Crippen LogP contribution in [0.15, 0.2) is 53.4 Å². The maximum Gasteiger partial charge on any atom is 0.243 e. The molecule has 0 radical (unpaired) electrons. The number of benzene rings is 2. The first-order valence-electron chi connectivity index (χ1n) is 8.46. The Morgan fingerprint density at radius 1 is 1.00 bits per heavy atom. The van der Waals surface area contributed by atoms with Gasteiger partial charge in [0.2, 0.25) is 10.0 Å². The molecule has 0 bridgehead atoms. The van der Waals surface area contributed by atoms with Crippen molar-refractivity contribution in [3.05, 3.63) is 54.1 Å². The molecule has 6 heteroatoms. The van der Waals surface area contributed by atoms with E-state index >= 15 is 0 Å². The maximum absolute atomic E-state index is 12.8. The van der Waals surface area contributed by atoms with E-state index in [1.165, 1.54) is 5.56 Å². The number of sulfonamides is 1. The number of aryl methyl sites for hydroxylation is 1. The fourth-order valence-electron chi connectivity index (χ4n) is 3.02. The van der Waals surface area contributed by atoms with Gasteiger partial charge in [-0.2, -0.15) is 4.31 Å². The summed E-state index contributed by atoms with van der Waals surface area (Å²) in [5.41, 5.74) is 2.31. The Morgan fingerprint density at radius 2 is 1.60 bits per heavy atom. The average Bonchev–Trinajstić information content (AvgIpc) is 2.64. The van der Waals surface area contributed by atoms with Gasteiger partial charge in [0, 0.05) is 24.8 Å². The minimum Gasteiger partial charge on any atom is -0.497 e. The van der Waals surface area contributed by atoms with Gasteiger partial charge in [0.05, 0.1) is 12.0 Å². The Hall–Kier alpha value is -2.05. The van der Waals surface area contributed by atoms with E-state index in [0.717, 1.165) is 18.5 Å². The maximum atomic E-state index is 12.8. The molecule has 25 heavy (non-hydrogen) atoms. The molecular weight excluding hydrogens is 336 g/mol. The van der Waals surface area contributed by atoms with E-state index in [4.69, 9.17) is 4.74 Å². The highest BCUT2D eigenvalue weighted by molar-refractivity contribution is 7.89. The Morgan fingerprint density at radius 3 is 2.16 bits per heavy atom. The second-order valence-electron chi connectivity index (χ2n) is 6.36. The SMILES string of the molecule is COc1ccc(S(=O)(=O)N2CCC(Nc3ccc(C)cc3)CC2)cc1. The van der Waals surface area contributed by atoms with Crippen LogP contribution < -0.4 is 10.1 Å². The first-order chi connectivity index (χ1) is 12.0. The van der Waals surface area contributed by atoms with Crippen molar-refractivity contribution >= 4 is 15.7 Å². The summed E-state index contributed by atoms with van der Waals surface area (Å²) in [4.78, 5) is 0.318. The van der Waals surface area contributed by atoms with E-state index < -0.39 is 10.0 Å². The summed E-state index contributed by atoms with van der Waals surface area (Å²) in [6, 6.07) is 15.1. The van der Waals surface area contributed by atoms with Gasteiger partial charge in [-0.25, -0.2) is 8.42 Å². The lowest BCUT2D eigenvalue weighted by Gasteiger charge is -2.32. The van der Waals surface area contributed by atoms with Gasteiger partial charge in [-0.1, -0.05) is 17.7 Å². The van der Waals surface area contributed by atoms with Crippen molar-refractivity contribution in [3.63, 3.8) is 0 Å². The van der Waals surface area contributed by atoms with Gasteiger partial charge in [0.15, 0.2) is 0 Å². The molecule has 1 saturated heterocycles. The number of ether oxygens (including phenoxy) is 1. The zero-order valence-corrected chi connectivity index (χ0v) is 15.4. The minimum absolute atomic E-state index is 0.296. The summed E-state index contributed by atoms with van der Waals surface area (Å²) in [6.07, 6.45) is 1.59. The summed E-state index contributed by atoms with van der Waals surface area (Å²) in [7, 11) is -1.87. The van der Waals surface area contributed by atoms with Gasteiger partial charge in [-0.15, -0.1) is 0 Å². The molecule has 3 rings (SSSR count). The molecule has 0 amide bonds. The van der Waals surface area contributed by atoms with Crippen LogP contribution in [0.5, 0.6) is 5.75 Å². The topological polar surface area (TPSA) is 58.6 Å². The summed E-state index contributed by atoms with van der Waals surface area (Å²) < 4.78 is 32.2. The number of hydrogen-bond acceptors (Lipinski definition) is 4. The second-order valence-corrected chi connectivity index (χ2v) is 8.30. The standard InChI is InChI=1S/C19H24N2O3S/c1-15-3-5-16(6-4-15)20-17-11-13-21(14-12-17)25(22,23)19-9-7-18(24-2)8-10-19/h3-10,17,20H,11-14H2,1-2H3. The Balaban J connectivity index is 1.61. The van der Waals surface area contributed by atoms with Crippen LogP contribution in [-0.4, -0.2) is 39.0 Å². The van der Waals surface area contributed by atoms with Crippen molar-refractivity contribution < 1.29 is 13.2 Å². The van der Waals surface area contributed by atoms with Crippen LogP contribution in [0.1, 0.15) is 18.4 Å². The fraction of sp³-hybridized carbons (Fsp3) is 0.368. The Kier molecular flexibility index (Phi) is 5.30. The lowest BCUT2D eigenvalue weighted by Crippen LogP contribution is -2.42. The minimum atomic E-state index is -3.44. The molecule has 5 nitrogen and oxygen atoms in total. The lowest BCUT2D eigenvalue weighted by atomic mass is 10.1. The third kappa shape index (κ3) is 4.14. The molecule has 0 unspecified atom stereocenters. The van der Waals surface area contributed by atoms with Gasteiger partial charge >= 0.3 is 0 Å². The molecule has 134 valence electrons. The Bertz CT molecular complexity index is 794. The Labute approximate surface area is 149 Å². The summed E-state index contributed by atoms with van der Waals surface area (Å²) in [6.45, 7) is 3.11. The number of nitrogens with one attached hydrogen (secondary N) is 1. The summed E-state index contributed by atoms with van der Waals surface area (Å²) in [5, 5.41) is 3.50. The second kappa shape index (κ2) is 7.45. The zero-order chi connectivity index (χ0) is 17.9. The highest BCUT2D eigenvalue weighted by Gasteiger charge is 2.29. The molecule has 0 aliphatic carbocycles. The number of anilines is 1. The smallest absolute Gasteiger partial charge is 0.243 e. The van der Waals surface area contributed by atoms with Gasteiger partial charge in [0.1, 0.15) is 5.75 Å². The number of nitrogens with zero attached hydrogens (tertiary/aromatic N) is 1. The summed E-state index contributed by atoms with van der Waals surface area (Å²) >= 11 is 0. The van der Waals surface area contributed by atoms with E-state index in [2.05, 4.69) is 36.5 Å². The van der Waals surface area contributed by atoms with Crippen molar-refractivity contribution in [2.75, 3.05) is 25.5 Å². The number of hydrogen-bond donors (Lipinski definition) is 1. The molecular formula is C19H24N2O3S. The highest BCUT2D eigenvalue weighted by atomic mass is 32.2. The van der Waals surface area contributed by atoms with Crippen LogP contribution in [-0.2, 0) is 10.0 Å². The van der Waals surface area contributed by atoms with Crippen LogP contribution in [0.4, 0.5) is 5.69 Å². The third-order valence-electron chi connectivity index (χ3n) is 4.57. The van der Waals surface area contributed by atoms with Gasteiger partial charge in [-0.05, 0) is 56.2 Å². The quantitative estimate of drug-likeness (QED) is 0.889. The first-order valence-corrected chi connectivity index (χ1v) is 9.90. The van der Waals surface area contributed by atoms with Crippen molar-refractivity contribution in [1.29, 1.82) is 0 Å². The molecule has 1 aliphatic rings. The molecule has 0 saturated carbocycles. The molecule has 2 aromatic carbocycles. The van der Waals surface area contributed by atoms with Crippen LogP contribution in [0, 0.1) is 6.92 Å². The first kappa shape index (κ1) is 17.8. The molecule has 1 fully saturated rings. The van der Waals surface area contributed by atoms with Crippen molar-refractivity contribution in [1.82, 2.24) is 4.31 Å². The predicted molar refractivity (Wildman–Crippen MR) is 99.6 cm³/mol. The molecule has 0 spiro atoms. The van der Waals surface area contributed by atoms with Gasteiger partial charge in [0.25, 0.3) is 0 Å². The van der Waals surface area contributed by atoms with Crippen molar-refractivity contribution in [2.45, 2.75) is 30.7 Å². The van der Waals surface area contributed by atoms with E-state index in [-0.39, 0.29) is 0 Å². The van der Waals surface area contributed by atoms with Gasteiger partial charge in [-0.3, -0.25) is 0 Å². The number of piperidine rings is 1. The molecule has 1 aliphatic heterocycles. The number of rotatable bonds is 5. The van der Waals surface area contributed by atoms with Crippen LogP contribution >= 0.6 is 0 Å². The van der Waals surface area contributed by atoms with E-state index in [0.29, 0.717) is 29.8 Å². The average molecular weight is 360 g/mol. The monoisotopic (exact) mass is 360 g/mol.